The smallest absolute Gasteiger partial charge is 0.268 e. The van der Waals surface area contributed by atoms with E-state index in [4.69, 9.17) is 0 Å². The first-order valence-corrected chi connectivity index (χ1v) is 8.75. The van der Waals surface area contributed by atoms with E-state index in [1.807, 2.05) is 0 Å². The Balaban J connectivity index is 1.64. The van der Waals surface area contributed by atoms with Crippen molar-refractivity contribution >= 4 is 23.2 Å². The molecule has 1 aliphatic rings. The molecule has 28 heavy (non-hydrogen) atoms. The first-order chi connectivity index (χ1) is 13.5. The summed E-state index contributed by atoms with van der Waals surface area (Å²) < 4.78 is 13.0. The molecule has 140 valence electrons. The molecule has 0 fully saturated rings. The summed E-state index contributed by atoms with van der Waals surface area (Å²) in [5, 5.41) is 14.0. The van der Waals surface area contributed by atoms with E-state index in [0.29, 0.717) is 22.5 Å². The molecule has 6 heteroatoms. The molecule has 1 heterocycles. The quantitative estimate of drug-likeness (QED) is 0.735. The van der Waals surface area contributed by atoms with Gasteiger partial charge >= 0.3 is 0 Å². The lowest BCUT2D eigenvalue weighted by Gasteiger charge is -2.23. The van der Waals surface area contributed by atoms with Crippen molar-refractivity contribution in [1.82, 2.24) is 0 Å². The van der Waals surface area contributed by atoms with Gasteiger partial charge in [0, 0.05) is 11.3 Å². The van der Waals surface area contributed by atoms with Crippen LogP contribution in [0.3, 0.4) is 0 Å². The van der Waals surface area contributed by atoms with Crippen LogP contribution in [0, 0.1) is 5.82 Å². The van der Waals surface area contributed by atoms with Crippen molar-refractivity contribution in [3.63, 3.8) is 0 Å². The molecule has 0 spiro atoms. The number of amides is 2. The Hall–Kier alpha value is -3.51. The van der Waals surface area contributed by atoms with Crippen LogP contribution in [0.5, 0.6) is 0 Å². The molecule has 2 amide bonds. The van der Waals surface area contributed by atoms with E-state index in [-0.39, 0.29) is 6.54 Å². The Bertz CT molecular complexity index is 1040. The van der Waals surface area contributed by atoms with Crippen LogP contribution >= 0.6 is 0 Å². The summed E-state index contributed by atoms with van der Waals surface area (Å²) in [4.78, 5) is 26.9. The normalized spacial score (nSPS) is 18.1. The fraction of sp³-hybridized carbons (Fsp3) is 0.0909. The van der Waals surface area contributed by atoms with Crippen LogP contribution in [-0.4, -0.2) is 23.5 Å². The highest BCUT2D eigenvalue weighted by atomic mass is 19.1. The topological polar surface area (TPSA) is 69.6 Å². The number of carbonyl (C=O) groups is 2. The zero-order valence-electron chi connectivity index (χ0n) is 14.8. The first kappa shape index (κ1) is 17.9. The van der Waals surface area contributed by atoms with E-state index in [1.165, 1.54) is 29.2 Å². The van der Waals surface area contributed by atoms with E-state index < -0.39 is 23.2 Å². The molecule has 3 aromatic rings. The summed E-state index contributed by atoms with van der Waals surface area (Å²) in [5.41, 5.74) is -0.0824. The minimum atomic E-state index is -1.85. The molecule has 1 aliphatic heterocycles. The van der Waals surface area contributed by atoms with Gasteiger partial charge in [-0.15, -0.1) is 0 Å². The molecule has 0 saturated carbocycles. The molecule has 5 nitrogen and oxygen atoms in total. The van der Waals surface area contributed by atoms with Gasteiger partial charge in [-0.3, -0.25) is 14.5 Å². The predicted octanol–water partition coefficient (Wildman–Crippen LogP) is 3.05. The number of fused-ring (bicyclic) bond motifs is 1. The molecule has 0 aliphatic carbocycles. The lowest BCUT2D eigenvalue weighted by atomic mass is 9.88. The SMILES string of the molecule is O=C(CN1C(=O)[C@](O)(c2ccccc2)c2ccccc21)Nc1ccc(F)cc1. The molecule has 0 radical (unpaired) electrons. The molecular weight excluding hydrogens is 359 g/mol. The standard InChI is InChI=1S/C22H17FN2O3/c23-16-10-12-17(13-11-16)24-20(26)14-25-19-9-5-4-8-18(19)22(28,21(25)27)15-6-2-1-3-7-15/h1-13,28H,14H2,(H,24,26)/t22-/m0/s1. The third-order valence-electron chi connectivity index (χ3n) is 4.76. The van der Waals surface area contributed by atoms with E-state index in [9.17, 15) is 19.1 Å². The third kappa shape index (κ3) is 2.93. The summed E-state index contributed by atoms with van der Waals surface area (Å²) in [6.45, 7) is -0.275. The number of aliphatic hydroxyl groups is 1. The van der Waals surface area contributed by atoms with Crippen molar-refractivity contribution in [2.75, 3.05) is 16.8 Å². The van der Waals surface area contributed by atoms with E-state index in [1.54, 1.807) is 54.6 Å². The van der Waals surface area contributed by atoms with Gasteiger partial charge in [-0.25, -0.2) is 4.39 Å². The summed E-state index contributed by atoms with van der Waals surface area (Å²) in [6, 6.07) is 20.8. The van der Waals surface area contributed by atoms with Crippen molar-refractivity contribution in [3.8, 4) is 0 Å². The van der Waals surface area contributed by atoms with Crippen molar-refractivity contribution in [2.45, 2.75) is 5.60 Å². The zero-order chi connectivity index (χ0) is 19.7. The first-order valence-electron chi connectivity index (χ1n) is 8.75. The van der Waals surface area contributed by atoms with E-state index in [0.717, 1.165) is 0 Å². The molecule has 0 unspecified atom stereocenters. The Kier molecular flexibility index (Phi) is 4.41. The molecule has 3 aromatic carbocycles. The molecule has 1 atom stereocenters. The highest BCUT2D eigenvalue weighted by molar-refractivity contribution is 6.12. The number of hydrogen-bond acceptors (Lipinski definition) is 3. The second-order valence-corrected chi connectivity index (χ2v) is 6.54. The van der Waals surface area contributed by atoms with Crippen LogP contribution in [-0.2, 0) is 15.2 Å². The van der Waals surface area contributed by atoms with Crippen LogP contribution in [0.2, 0.25) is 0 Å². The van der Waals surface area contributed by atoms with Gasteiger partial charge in [-0.1, -0.05) is 48.5 Å². The second kappa shape index (κ2) is 6.90. The van der Waals surface area contributed by atoms with Crippen molar-refractivity contribution in [2.24, 2.45) is 0 Å². The van der Waals surface area contributed by atoms with Crippen molar-refractivity contribution < 1.29 is 19.1 Å². The van der Waals surface area contributed by atoms with Crippen LogP contribution in [0.4, 0.5) is 15.8 Å². The van der Waals surface area contributed by atoms with Gasteiger partial charge in [0.05, 0.1) is 5.69 Å². The largest absolute Gasteiger partial charge is 0.372 e. The Morgan fingerprint density at radius 3 is 2.32 bits per heavy atom. The molecular formula is C22H17FN2O3. The number of carbonyl (C=O) groups excluding carboxylic acids is 2. The van der Waals surface area contributed by atoms with Crippen LogP contribution in [0.25, 0.3) is 0 Å². The van der Waals surface area contributed by atoms with Crippen LogP contribution in [0.1, 0.15) is 11.1 Å². The lowest BCUT2D eigenvalue weighted by molar-refractivity contribution is -0.133. The monoisotopic (exact) mass is 376 g/mol. The molecule has 2 N–H and O–H groups in total. The van der Waals surface area contributed by atoms with Gasteiger partial charge in [-0.05, 0) is 35.9 Å². The van der Waals surface area contributed by atoms with E-state index >= 15 is 0 Å². The Morgan fingerprint density at radius 2 is 1.61 bits per heavy atom. The number of nitrogens with one attached hydrogen (secondary N) is 1. The molecule has 4 rings (SSSR count). The number of halogens is 1. The number of hydrogen-bond donors (Lipinski definition) is 2. The summed E-state index contributed by atoms with van der Waals surface area (Å²) in [6.07, 6.45) is 0. The number of para-hydroxylation sites is 1. The fourth-order valence-corrected chi connectivity index (χ4v) is 3.43. The van der Waals surface area contributed by atoms with Gasteiger partial charge in [0.2, 0.25) is 5.91 Å². The summed E-state index contributed by atoms with van der Waals surface area (Å²) in [7, 11) is 0. The van der Waals surface area contributed by atoms with Crippen LogP contribution < -0.4 is 10.2 Å². The van der Waals surface area contributed by atoms with Crippen molar-refractivity contribution in [1.29, 1.82) is 0 Å². The molecule has 0 saturated heterocycles. The minimum Gasteiger partial charge on any atom is -0.372 e. The summed E-state index contributed by atoms with van der Waals surface area (Å²) >= 11 is 0. The lowest BCUT2D eigenvalue weighted by Crippen LogP contribution is -2.44. The minimum absolute atomic E-state index is 0.275. The molecule has 0 aromatic heterocycles. The maximum atomic E-state index is 13.2. The average molecular weight is 376 g/mol. The van der Waals surface area contributed by atoms with Gasteiger partial charge in [0.1, 0.15) is 12.4 Å². The maximum Gasteiger partial charge on any atom is 0.268 e. The zero-order valence-corrected chi connectivity index (χ0v) is 14.8. The van der Waals surface area contributed by atoms with E-state index in [2.05, 4.69) is 5.32 Å². The van der Waals surface area contributed by atoms with Gasteiger partial charge < -0.3 is 10.4 Å². The van der Waals surface area contributed by atoms with Gasteiger partial charge in [0.25, 0.3) is 5.91 Å². The molecule has 0 bridgehead atoms. The Labute approximate surface area is 161 Å². The third-order valence-corrected chi connectivity index (χ3v) is 4.76. The number of rotatable bonds is 4. The summed E-state index contributed by atoms with van der Waals surface area (Å²) in [5.74, 6) is -1.45. The maximum absolute atomic E-state index is 13.2. The fourth-order valence-electron chi connectivity index (χ4n) is 3.43. The van der Waals surface area contributed by atoms with Gasteiger partial charge in [-0.2, -0.15) is 0 Å². The number of nitrogens with zero attached hydrogens (tertiary/aromatic N) is 1. The highest BCUT2D eigenvalue weighted by Crippen LogP contribution is 2.44. The highest BCUT2D eigenvalue weighted by Gasteiger charge is 2.51. The van der Waals surface area contributed by atoms with Crippen molar-refractivity contribution in [3.05, 3.63) is 95.8 Å². The van der Waals surface area contributed by atoms with Crippen LogP contribution in [0.15, 0.2) is 78.9 Å². The number of anilines is 2. The second-order valence-electron chi connectivity index (χ2n) is 6.54. The number of benzene rings is 3. The van der Waals surface area contributed by atoms with Gasteiger partial charge in [0.15, 0.2) is 5.60 Å². The average Bonchev–Trinajstić information content (AvgIpc) is 2.93. The predicted molar refractivity (Wildman–Crippen MR) is 103 cm³/mol. The Morgan fingerprint density at radius 1 is 0.964 bits per heavy atom.